The maximum atomic E-state index is 12.5. The van der Waals surface area contributed by atoms with Crippen molar-refractivity contribution in [2.75, 3.05) is 5.88 Å². The lowest BCUT2D eigenvalue weighted by atomic mass is 9.49. The van der Waals surface area contributed by atoms with Crippen molar-refractivity contribution in [1.82, 2.24) is 5.32 Å². The molecule has 1 N–H and O–H groups in total. The van der Waals surface area contributed by atoms with Crippen molar-refractivity contribution in [3.8, 4) is 0 Å². The predicted molar refractivity (Wildman–Crippen MR) is 80.7 cm³/mol. The molecule has 5 fully saturated rings. The summed E-state index contributed by atoms with van der Waals surface area (Å²) in [4.78, 5) is 12.5. The molecular weight excluding hydrogens is 270 g/mol. The van der Waals surface area contributed by atoms with Crippen molar-refractivity contribution in [2.24, 2.45) is 23.2 Å². The van der Waals surface area contributed by atoms with E-state index in [0.717, 1.165) is 37.0 Å². The molecule has 0 aromatic rings. The van der Waals surface area contributed by atoms with Crippen LogP contribution in [0.5, 0.6) is 0 Å². The zero-order valence-corrected chi connectivity index (χ0v) is 13.1. The molecule has 20 heavy (non-hydrogen) atoms. The number of hydrogen-bond donors (Lipinski definition) is 1. The van der Waals surface area contributed by atoms with Gasteiger partial charge in [-0.1, -0.05) is 0 Å². The molecule has 5 aliphatic carbocycles. The molecule has 5 saturated carbocycles. The van der Waals surface area contributed by atoms with E-state index in [1.807, 2.05) is 0 Å². The molecule has 0 heterocycles. The molecule has 0 atom stereocenters. The largest absolute Gasteiger partial charge is 0.349 e. The van der Waals surface area contributed by atoms with E-state index in [1.54, 1.807) is 0 Å². The third-order valence-electron chi connectivity index (χ3n) is 6.67. The van der Waals surface area contributed by atoms with Gasteiger partial charge in [-0.05, 0) is 81.0 Å². The van der Waals surface area contributed by atoms with Crippen LogP contribution in [0.4, 0.5) is 0 Å². The average molecular weight is 296 g/mol. The molecule has 0 radical (unpaired) electrons. The van der Waals surface area contributed by atoms with Crippen molar-refractivity contribution < 1.29 is 4.79 Å². The van der Waals surface area contributed by atoms with Crippen molar-refractivity contribution in [3.63, 3.8) is 0 Å². The molecule has 0 aromatic heterocycles. The first-order valence-corrected chi connectivity index (χ1v) is 9.01. The number of amides is 1. The molecule has 112 valence electrons. The Morgan fingerprint density at radius 1 is 1.05 bits per heavy atom. The van der Waals surface area contributed by atoms with Gasteiger partial charge in [-0.2, -0.15) is 0 Å². The van der Waals surface area contributed by atoms with Crippen LogP contribution in [0.25, 0.3) is 0 Å². The van der Waals surface area contributed by atoms with Crippen LogP contribution in [0.1, 0.15) is 64.2 Å². The lowest BCUT2D eigenvalue weighted by molar-refractivity contribution is -0.132. The van der Waals surface area contributed by atoms with Gasteiger partial charge in [0.1, 0.15) is 0 Å². The standard InChI is InChI=1S/C17H26ClNO/c18-11-17(2-1-3-17)19-15(20)10-16-7-12-4-13(8-16)6-14(5-12)9-16/h12-14H,1-11H2,(H,19,20). The van der Waals surface area contributed by atoms with E-state index < -0.39 is 0 Å². The summed E-state index contributed by atoms with van der Waals surface area (Å²) in [6.45, 7) is 0. The summed E-state index contributed by atoms with van der Waals surface area (Å²) in [7, 11) is 0. The van der Waals surface area contributed by atoms with E-state index in [4.69, 9.17) is 11.6 Å². The first kappa shape index (κ1) is 13.4. The third-order valence-corrected chi connectivity index (χ3v) is 7.18. The Labute approximate surface area is 127 Å². The molecule has 1 amide bonds. The van der Waals surface area contributed by atoms with Crippen LogP contribution in [0, 0.1) is 23.2 Å². The van der Waals surface area contributed by atoms with E-state index in [0.29, 0.717) is 11.3 Å². The molecule has 0 spiro atoms. The van der Waals surface area contributed by atoms with Crippen molar-refractivity contribution in [3.05, 3.63) is 0 Å². The van der Waals surface area contributed by atoms with Crippen molar-refractivity contribution in [1.29, 1.82) is 0 Å². The zero-order valence-electron chi connectivity index (χ0n) is 12.3. The van der Waals surface area contributed by atoms with Crippen LogP contribution < -0.4 is 5.32 Å². The molecular formula is C17H26ClNO. The minimum atomic E-state index is -0.0546. The number of alkyl halides is 1. The fourth-order valence-corrected chi connectivity index (χ4v) is 6.42. The molecule has 0 aromatic carbocycles. The predicted octanol–water partition coefficient (Wildman–Crippen LogP) is 3.87. The molecule has 5 aliphatic rings. The second kappa shape index (κ2) is 4.63. The number of carbonyl (C=O) groups is 1. The maximum Gasteiger partial charge on any atom is 0.221 e. The van der Waals surface area contributed by atoms with Crippen LogP contribution in [-0.4, -0.2) is 17.3 Å². The fourth-order valence-electron chi connectivity index (χ4n) is 6.08. The SMILES string of the molecule is O=C(CC12CC3CC(CC(C3)C1)C2)NC1(CCl)CCC1. The summed E-state index contributed by atoms with van der Waals surface area (Å²) in [5.74, 6) is 3.66. The van der Waals surface area contributed by atoms with Gasteiger partial charge in [0.15, 0.2) is 0 Å². The smallest absolute Gasteiger partial charge is 0.221 e. The fraction of sp³-hybridized carbons (Fsp3) is 0.941. The summed E-state index contributed by atoms with van der Waals surface area (Å²) < 4.78 is 0. The van der Waals surface area contributed by atoms with Gasteiger partial charge in [0.2, 0.25) is 5.91 Å². The van der Waals surface area contributed by atoms with Crippen molar-refractivity contribution >= 4 is 17.5 Å². The van der Waals surface area contributed by atoms with E-state index in [9.17, 15) is 4.79 Å². The third kappa shape index (κ3) is 2.19. The molecule has 5 rings (SSSR count). The van der Waals surface area contributed by atoms with E-state index in [2.05, 4.69) is 5.32 Å². The van der Waals surface area contributed by atoms with Gasteiger partial charge in [-0.15, -0.1) is 11.6 Å². The number of halogens is 1. The van der Waals surface area contributed by atoms with Gasteiger partial charge >= 0.3 is 0 Å². The number of nitrogens with one attached hydrogen (secondary N) is 1. The van der Waals surface area contributed by atoms with Crippen LogP contribution in [0.3, 0.4) is 0 Å². The number of carbonyl (C=O) groups excluding carboxylic acids is 1. The molecule has 0 saturated heterocycles. The van der Waals surface area contributed by atoms with Gasteiger partial charge in [0, 0.05) is 12.3 Å². The Morgan fingerprint density at radius 3 is 2.00 bits per heavy atom. The Bertz CT molecular complexity index is 374. The summed E-state index contributed by atoms with van der Waals surface area (Å²) in [6.07, 6.45) is 12.4. The molecule has 3 heteroatoms. The van der Waals surface area contributed by atoms with E-state index in [1.165, 1.54) is 44.9 Å². The van der Waals surface area contributed by atoms with Gasteiger partial charge < -0.3 is 5.32 Å². The highest BCUT2D eigenvalue weighted by molar-refractivity contribution is 6.18. The monoisotopic (exact) mass is 295 g/mol. The Morgan fingerprint density at radius 2 is 1.60 bits per heavy atom. The molecule has 4 bridgehead atoms. The quantitative estimate of drug-likeness (QED) is 0.784. The number of rotatable bonds is 4. The van der Waals surface area contributed by atoms with Crippen LogP contribution >= 0.6 is 11.6 Å². The molecule has 0 unspecified atom stereocenters. The van der Waals surface area contributed by atoms with Crippen LogP contribution in [0.2, 0.25) is 0 Å². The van der Waals surface area contributed by atoms with Gasteiger partial charge in [-0.25, -0.2) is 0 Å². The summed E-state index contributed by atoms with van der Waals surface area (Å²) in [5, 5.41) is 3.28. The first-order chi connectivity index (χ1) is 9.60. The summed E-state index contributed by atoms with van der Waals surface area (Å²) in [6, 6.07) is 0. The normalized spacial score (nSPS) is 44.1. The second-order valence-corrected chi connectivity index (χ2v) is 8.68. The number of hydrogen-bond acceptors (Lipinski definition) is 1. The lowest BCUT2D eigenvalue weighted by Gasteiger charge is -2.57. The first-order valence-electron chi connectivity index (χ1n) is 8.47. The molecule has 0 aliphatic heterocycles. The second-order valence-electron chi connectivity index (χ2n) is 8.41. The van der Waals surface area contributed by atoms with Gasteiger partial charge in [0.25, 0.3) is 0 Å². The van der Waals surface area contributed by atoms with Crippen LogP contribution in [0.15, 0.2) is 0 Å². The summed E-state index contributed by atoms with van der Waals surface area (Å²) in [5.41, 5.74) is 0.303. The minimum Gasteiger partial charge on any atom is -0.349 e. The molecule has 2 nitrogen and oxygen atoms in total. The highest BCUT2D eigenvalue weighted by Crippen LogP contribution is 2.61. The zero-order chi connectivity index (χ0) is 13.8. The van der Waals surface area contributed by atoms with Crippen molar-refractivity contribution in [2.45, 2.75) is 69.7 Å². The van der Waals surface area contributed by atoms with E-state index in [-0.39, 0.29) is 11.4 Å². The van der Waals surface area contributed by atoms with E-state index >= 15 is 0 Å². The Balaban J connectivity index is 1.42. The lowest BCUT2D eigenvalue weighted by Crippen LogP contribution is -2.56. The highest BCUT2D eigenvalue weighted by atomic mass is 35.5. The highest BCUT2D eigenvalue weighted by Gasteiger charge is 2.52. The Hall–Kier alpha value is -0.240. The maximum absolute atomic E-state index is 12.5. The topological polar surface area (TPSA) is 29.1 Å². The Kier molecular flexibility index (Phi) is 3.11. The minimum absolute atomic E-state index is 0.0546. The average Bonchev–Trinajstić information content (AvgIpc) is 2.31. The van der Waals surface area contributed by atoms with Crippen LogP contribution in [-0.2, 0) is 4.79 Å². The van der Waals surface area contributed by atoms with Gasteiger partial charge in [-0.3, -0.25) is 4.79 Å². The van der Waals surface area contributed by atoms with Gasteiger partial charge in [0.05, 0.1) is 5.54 Å². The summed E-state index contributed by atoms with van der Waals surface area (Å²) >= 11 is 6.07.